The van der Waals surface area contributed by atoms with E-state index in [1.165, 1.54) is 6.07 Å². The molecule has 5 heteroatoms. The summed E-state index contributed by atoms with van der Waals surface area (Å²) >= 11 is 0. The number of halogens is 2. The number of ether oxygens (including phenoxy) is 1. The average Bonchev–Trinajstić information content (AvgIpc) is 2.64. The van der Waals surface area contributed by atoms with E-state index in [-0.39, 0.29) is 5.75 Å². The van der Waals surface area contributed by atoms with E-state index in [1.54, 1.807) is 23.1 Å². The van der Waals surface area contributed by atoms with Gasteiger partial charge in [0.25, 0.3) is 0 Å². The van der Waals surface area contributed by atoms with Crippen LogP contribution in [0.15, 0.2) is 24.3 Å². The van der Waals surface area contributed by atoms with Gasteiger partial charge in [-0.1, -0.05) is 12.1 Å². The first-order valence-electron chi connectivity index (χ1n) is 5.07. The van der Waals surface area contributed by atoms with Crippen LogP contribution in [0.4, 0.5) is 14.5 Å². The van der Waals surface area contributed by atoms with Gasteiger partial charge in [-0.25, -0.2) is 0 Å². The Labute approximate surface area is 92.1 Å². The summed E-state index contributed by atoms with van der Waals surface area (Å²) in [5, 5.41) is 7.71. The number of rotatable bonds is 3. The standard InChI is InChI=1S/C11H12F2N2O/c12-11(13)16-9-5-2-1-4-8(9)15-7-3-6-10(15)14/h1-2,4-5,11,14H,3,6-7H2. The Bertz CT molecular complexity index is 395. The molecule has 0 radical (unpaired) electrons. The van der Waals surface area contributed by atoms with E-state index in [9.17, 15) is 8.78 Å². The van der Waals surface area contributed by atoms with Crippen LogP contribution in [-0.2, 0) is 0 Å². The molecular weight excluding hydrogens is 214 g/mol. The Balaban J connectivity index is 2.28. The van der Waals surface area contributed by atoms with Gasteiger partial charge >= 0.3 is 6.61 Å². The molecule has 3 nitrogen and oxygen atoms in total. The number of nitrogens with one attached hydrogen (secondary N) is 1. The number of anilines is 1. The van der Waals surface area contributed by atoms with E-state index in [0.29, 0.717) is 24.5 Å². The summed E-state index contributed by atoms with van der Waals surface area (Å²) in [6, 6.07) is 6.57. The third kappa shape index (κ3) is 2.13. The first-order chi connectivity index (χ1) is 7.68. The molecule has 0 saturated carbocycles. The molecule has 0 spiro atoms. The molecule has 86 valence electrons. The number of nitrogens with zero attached hydrogens (tertiary/aromatic N) is 1. The largest absolute Gasteiger partial charge is 0.433 e. The van der Waals surface area contributed by atoms with Crippen LogP contribution in [0.5, 0.6) is 5.75 Å². The molecule has 1 N–H and O–H groups in total. The van der Waals surface area contributed by atoms with Crippen molar-refractivity contribution in [2.45, 2.75) is 19.5 Å². The lowest BCUT2D eigenvalue weighted by atomic mass is 10.2. The highest BCUT2D eigenvalue weighted by molar-refractivity contribution is 5.98. The molecule has 1 fully saturated rings. The fraction of sp³-hybridized carbons (Fsp3) is 0.364. The van der Waals surface area contributed by atoms with Gasteiger partial charge in [0.05, 0.1) is 5.69 Å². The molecule has 0 aromatic heterocycles. The third-order valence-electron chi connectivity index (χ3n) is 2.49. The van der Waals surface area contributed by atoms with E-state index in [0.717, 1.165) is 6.42 Å². The minimum Gasteiger partial charge on any atom is -0.433 e. The van der Waals surface area contributed by atoms with Gasteiger partial charge in [-0.3, -0.25) is 5.41 Å². The monoisotopic (exact) mass is 226 g/mol. The zero-order chi connectivity index (χ0) is 11.5. The van der Waals surface area contributed by atoms with Crippen molar-refractivity contribution in [3.63, 3.8) is 0 Å². The van der Waals surface area contributed by atoms with Gasteiger partial charge in [-0.2, -0.15) is 8.78 Å². The second-order valence-electron chi connectivity index (χ2n) is 3.55. The van der Waals surface area contributed by atoms with Crippen molar-refractivity contribution in [2.75, 3.05) is 11.4 Å². The maximum absolute atomic E-state index is 12.2. The Morgan fingerprint density at radius 3 is 2.69 bits per heavy atom. The topological polar surface area (TPSA) is 36.3 Å². The quantitative estimate of drug-likeness (QED) is 0.860. The summed E-state index contributed by atoms with van der Waals surface area (Å²) in [6.45, 7) is -2.15. The van der Waals surface area contributed by atoms with Gasteiger partial charge in [0.2, 0.25) is 0 Å². The van der Waals surface area contributed by atoms with Gasteiger partial charge in [0.1, 0.15) is 11.6 Å². The molecule has 0 atom stereocenters. The first-order valence-corrected chi connectivity index (χ1v) is 5.07. The van der Waals surface area contributed by atoms with E-state index in [2.05, 4.69) is 4.74 Å². The molecule has 16 heavy (non-hydrogen) atoms. The fourth-order valence-electron chi connectivity index (χ4n) is 1.82. The van der Waals surface area contributed by atoms with Gasteiger partial charge in [0.15, 0.2) is 0 Å². The summed E-state index contributed by atoms with van der Waals surface area (Å²) < 4.78 is 28.8. The van der Waals surface area contributed by atoms with Gasteiger partial charge in [-0.05, 0) is 18.6 Å². The molecule has 0 unspecified atom stereocenters. The van der Waals surface area contributed by atoms with Crippen molar-refractivity contribution in [3.8, 4) is 5.75 Å². The van der Waals surface area contributed by atoms with Crippen molar-refractivity contribution < 1.29 is 13.5 Å². The second kappa shape index (κ2) is 4.47. The summed E-state index contributed by atoms with van der Waals surface area (Å²) in [6.07, 6.45) is 1.56. The summed E-state index contributed by atoms with van der Waals surface area (Å²) in [7, 11) is 0. The van der Waals surface area contributed by atoms with Crippen LogP contribution in [-0.4, -0.2) is 19.0 Å². The molecule has 1 aromatic carbocycles. The predicted molar refractivity (Wildman–Crippen MR) is 57.4 cm³/mol. The second-order valence-corrected chi connectivity index (χ2v) is 3.55. The molecule has 0 bridgehead atoms. The van der Waals surface area contributed by atoms with Gasteiger partial charge in [0, 0.05) is 13.0 Å². The molecule has 1 aliphatic heterocycles. The highest BCUT2D eigenvalue weighted by Gasteiger charge is 2.22. The zero-order valence-corrected chi connectivity index (χ0v) is 8.62. The number of para-hydroxylation sites is 2. The van der Waals surface area contributed by atoms with Crippen LogP contribution in [0.3, 0.4) is 0 Å². The zero-order valence-electron chi connectivity index (χ0n) is 8.62. The maximum Gasteiger partial charge on any atom is 0.387 e. The molecule has 0 aliphatic carbocycles. The molecule has 1 aliphatic rings. The maximum atomic E-state index is 12.2. The van der Waals surface area contributed by atoms with Crippen molar-refractivity contribution in [2.24, 2.45) is 0 Å². The lowest BCUT2D eigenvalue weighted by molar-refractivity contribution is -0.0494. The van der Waals surface area contributed by atoms with E-state index < -0.39 is 6.61 Å². The van der Waals surface area contributed by atoms with E-state index in [4.69, 9.17) is 5.41 Å². The Kier molecular flexibility index (Phi) is 3.03. The predicted octanol–water partition coefficient (Wildman–Crippen LogP) is 2.87. The van der Waals surface area contributed by atoms with Crippen LogP contribution in [0.25, 0.3) is 0 Å². The normalized spacial score (nSPS) is 15.9. The summed E-state index contributed by atoms with van der Waals surface area (Å²) in [4.78, 5) is 1.71. The molecule has 0 amide bonds. The van der Waals surface area contributed by atoms with E-state index >= 15 is 0 Å². The Morgan fingerprint density at radius 2 is 2.06 bits per heavy atom. The number of alkyl halides is 2. The minimum atomic E-state index is -2.84. The van der Waals surface area contributed by atoms with Crippen LogP contribution >= 0.6 is 0 Å². The molecule has 2 rings (SSSR count). The smallest absolute Gasteiger partial charge is 0.387 e. The lowest BCUT2D eigenvalue weighted by Crippen LogP contribution is -2.24. The fourth-order valence-corrected chi connectivity index (χ4v) is 1.82. The highest BCUT2D eigenvalue weighted by Crippen LogP contribution is 2.32. The van der Waals surface area contributed by atoms with Crippen molar-refractivity contribution in [1.29, 1.82) is 5.41 Å². The number of amidine groups is 1. The summed E-state index contributed by atoms with van der Waals surface area (Å²) in [5.74, 6) is 0.578. The number of benzene rings is 1. The van der Waals surface area contributed by atoms with Crippen LogP contribution in [0.2, 0.25) is 0 Å². The highest BCUT2D eigenvalue weighted by atomic mass is 19.3. The van der Waals surface area contributed by atoms with Crippen LogP contribution < -0.4 is 9.64 Å². The number of hydrogen-bond donors (Lipinski definition) is 1. The number of hydrogen-bond acceptors (Lipinski definition) is 2. The summed E-state index contributed by atoms with van der Waals surface area (Å²) in [5.41, 5.74) is 0.547. The van der Waals surface area contributed by atoms with Gasteiger partial charge in [-0.15, -0.1) is 0 Å². The lowest BCUT2D eigenvalue weighted by Gasteiger charge is -2.20. The van der Waals surface area contributed by atoms with Crippen LogP contribution in [0.1, 0.15) is 12.8 Å². The van der Waals surface area contributed by atoms with Crippen molar-refractivity contribution >= 4 is 11.5 Å². The molecule has 1 aromatic rings. The van der Waals surface area contributed by atoms with Crippen molar-refractivity contribution in [1.82, 2.24) is 0 Å². The Hall–Kier alpha value is -1.65. The first kappa shape index (κ1) is 10.9. The molecule has 1 heterocycles. The van der Waals surface area contributed by atoms with Crippen LogP contribution in [0, 0.1) is 5.41 Å². The van der Waals surface area contributed by atoms with Crippen molar-refractivity contribution in [3.05, 3.63) is 24.3 Å². The molecule has 1 saturated heterocycles. The minimum absolute atomic E-state index is 0.129. The SMILES string of the molecule is N=C1CCCN1c1ccccc1OC(F)F. The average molecular weight is 226 g/mol. The van der Waals surface area contributed by atoms with Gasteiger partial charge < -0.3 is 9.64 Å². The van der Waals surface area contributed by atoms with E-state index in [1.807, 2.05) is 0 Å². The molecular formula is C11H12F2N2O. The Morgan fingerprint density at radius 1 is 1.31 bits per heavy atom. The third-order valence-corrected chi connectivity index (χ3v) is 2.49.